The molecule has 0 aromatic heterocycles. The van der Waals surface area contributed by atoms with E-state index in [-0.39, 0.29) is 24.0 Å². The average molecular weight is 346 g/mol. The standard InChI is InChI=1S/C10H11BrClFO3S/c1-7(6-17(12,14)15)5-16-10-4-8(11)2-3-9(10)13/h2-4,7H,5-6H2,1H3. The molecule has 1 unspecified atom stereocenters. The van der Waals surface area contributed by atoms with Crippen LogP contribution in [-0.4, -0.2) is 20.8 Å². The zero-order chi connectivity index (χ0) is 13.1. The first-order chi connectivity index (χ1) is 7.78. The summed E-state index contributed by atoms with van der Waals surface area (Å²) in [7, 11) is 1.54. The van der Waals surface area contributed by atoms with Gasteiger partial charge in [0.15, 0.2) is 11.6 Å². The quantitative estimate of drug-likeness (QED) is 0.770. The van der Waals surface area contributed by atoms with Crippen LogP contribution in [0.25, 0.3) is 0 Å². The molecule has 0 saturated carbocycles. The van der Waals surface area contributed by atoms with Gasteiger partial charge in [-0.3, -0.25) is 0 Å². The predicted molar refractivity (Wildman–Crippen MR) is 68.4 cm³/mol. The predicted octanol–water partition coefficient (Wildman–Crippen LogP) is 3.17. The minimum absolute atomic E-state index is 0.0817. The Balaban J connectivity index is 2.58. The molecule has 0 radical (unpaired) electrons. The Labute approximate surface area is 112 Å². The minimum atomic E-state index is -3.56. The highest BCUT2D eigenvalue weighted by Gasteiger charge is 2.14. The monoisotopic (exact) mass is 344 g/mol. The molecule has 7 heteroatoms. The average Bonchev–Trinajstić information content (AvgIpc) is 2.17. The second-order valence-electron chi connectivity index (χ2n) is 3.70. The van der Waals surface area contributed by atoms with E-state index in [1.54, 1.807) is 13.0 Å². The van der Waals surface area contributed by atoms with Gasteiger partial charge in [0.05, 0.1) is 12.4 Å². The van der Waals surface area contributed by atoms with Crippen molar-refractivity contribution >= 4 is 35.7 Å². The number of halogens is 3. The molecule has 0 bridgehead atoms. The van der Waals surface area contributed by atoms with Gasteiger partial charge in [0.2, 0.25) is 9.05 Å². The number of rotatable bonds is 5. The van der Waals surface area contributed by atoms with Gasteiger partial charge in [0.25, 0.3) is 0 Å². The molecule has 0 aliphatic carbocycles. The van der Waals surface area contributed by atoms with Crippen molar-refractivity contribution in [2.75, 3.05) is 12.4 Å². The van der Waals surface area contributed by atoms with Gasteiger partial charge in [0.1, 0.15) is 0 Å². The fourth-order valence-electron chi connectivity index (χ4n) is 1.21. The van der Waals surface area contributed by atoms with E-state index < -0.39 is 14.9 Å². The maximum Gasteiger partial charge on any atom is 0.232 e. The molecule has 96 valence electrons. The molecule has 1 aromatic rings. The molecule has 3 nitrogen and oxygen atoms in total. The summed E-state index contributed by atoms with van der Waals surface area (Å²) in [6.07, 6.45) is 0. The third kappa shape index (κ3) is 5.70. The molecule has 0 aliphatic heterocycles. The highest BCUT2D eigenvalue weighted by molar-refractivity contribution is 9.10. The third-order valence-corrected chi connectivity index (χ3v) is 3.74. The van der Waals surface area contributed by atoms with Gasteiger partial charge < -0.3 is 4.74 Å². The number of benzene rings is 1. The van der Waals surface area contributed by atoms with E-state index in [2.05, 4.69) is 15.9 Å². The summed E-state index contributed by atoms with van der Waals surface area (Å²) in [4.78, 5) is 0. The van der Waals surface area contributed by atoms with Gasteiger partial charge >= 0.3 is 0 Å². The summed E-state index contributed by atoms with van der Waals surface area (Å²) in [5, 5.41) is 0. The number of hydrogen-bond acceptors (Lipinski definition) is 3. The van der Waals surface area contributed by atoms with Gasteiger partial charge in [-0.1, -0.05) is 22.9 Å². The van der Waals surface area contributed by atoms with E-state index in [0.29, 0.717) is 4.47 Å². The lowest BCUT2D eigenvalue weighted by Crippen LogP contribution is -2.16. The Bertz CT molecular complexity index is 492. The van der Waals surface area contributed by atoms with Crippen LogP contribution in [-0.2, 0) is 9.05 Å². The Morgan fingerprint density at radius 1 is 1.53 bits per heavy atom. The first-order valence-electron chi connectivity index (χ1n) is 4.78. The summed E-state index contributed by atoms with van der Waals surface area (Å²) in [6, 6.07) is 4.30. The molecule has 1 rings (SSSR count). The van der Waals surface area contributed by atoms with Gasteiger partial charge in [-0.05, 0) is 18.2 Å². The normalized spacial score (nSPS) is 13.4. The molecule has 0 amide bonds. The molecule has 0 aliphatic rings. The van der Waals surface area contributed by atoms with Crippen LogP contribution >= 0.6 is 26.6 Å². The molecule has 1 atom stereocenters. The van der Waals surface area contributed by atoms with Crippen molar-refractivity contribution in [1.29, 1.82) is 0 Å². The summed E-state index contributed by atoms with van der Waals surface area (Å²) in [5.74, 6) is -0.923. The van der Waals surface area contributed by atoms with E-state index in [0.717, 1.165) is 0 Å². The summed E-state index contributed by atoms with van der Waals surface area (Å²) < 4.78 is 40.8. The first kappa shape index (κ1) is 14.7. The molecule has 0 fully saturated rings. The fourth-order valence-corrected chi connectivity index (χ4v) is 2.97. The second kappa shape index (κ2) is 6.02. The van der Waals surface area contributed by atoms with Crippen LogP contribution in [0.4, 0.5) is 4.39 Å². The fraction of sp³-hybridized carbons (Fsp3) is 0.400. The maximum atomic E-state index is 13.3. The van der Waals surface area contributed by atoms with Gasteiger partial charge in [-0.25, -0.2) is 12.8 Å². The lowest BCUT2D eigenvalue weighted by Gasteiger charge is -2.12. The van der Waals surface area contributed by atoms with Crippen molar-refractivity contribution in [2.24, 2.45) is 5.92 Å². The van der Waals surface area contributed by atoms with E-state index >= 15 is 0 Å². The Kier molecular flexibility index (Phi) is 5.22. The Morgan fingerprint density at radius 3 is 2.76 bits per heavy atom. The van der Waals surface area contributed by atoms with Crippen LogP contribution in [0.5, 0.6) is 5.75 Å². The van der Waals surface area contributed by atoms with Crippen LogP contribution in [0.3, 0.4) is 0 Å². The van der Waals surface area contributed by atoms with Crippen molar-refractivity contribution in [3.63, 3.8) is 0 Å². The first-order valence-corrected chi connectivity index (χ1v) is 8.05. The maximum absolute atomic E-state index is 13.3. The van der Waals surface area contributed by atoms with E-state index in [4.69, 9.17) is 15.4 Å². The third-order valence-electron chi connectivity index (χ3n) is 1.90. The highest BCUT2D eigenvalue weighted by Crippen LogP contribution is 2.22. The smallest absolute Gasteiger partial charge is 0.232 e. The van der Waals surface area contributed by atoms with Crippen molar-refractivity contribution in [3.8, 4) is 5.75 Å². The van der Waals surface area contributed by atoms with Gasteiger partial charge in [0, 0.05) is 21.1 Å². The summed E-state index contributed by atoms with van der Waals surface area (Å²) in [6.45, 7) is 1.75. The van der Waals surface area contributed by atoms with E-state index in [1.807, 2.05) is 0 Å². The minimum Gasteiger partial charge on any atom is -0.490 e. The van der Waals surface area contributed by atoms with Crippen LogP contribution < -0.4 is 4.74 Å². The van der Waals surface area contributed by atoms with E-state index in [9.17, 15) is 12.8 Å². The largest absolute Gasteiger partial charge is 0.490 e. The summed E-state index contributed by atoms with van der Waals surface area (Å²) in [5.41, 5.74) is 0. The molecule has 0 heterocycles. The van der Waals surface area contributed by atoms with Crippen molar-refractivity contribution in [1.82, 2.24) is 0 Å². The SMILES string of the molecule is CC(COc1cc(Br)ccc1F)CS(=O)(=O)Cl. The van der Waals surface area contributed by atoms with Crippen LogP contribution in [0.2, 0.25) is 0 Å². The lowest BCUT2D eigenvalue weighted by molar-refractivity contribution is 0.260. The topological polar surface area (TPSA) is 43.4 Å². The molecular weight excluding hydrogens is 335 g/mol. The van der Waals surface area contributed by atoms with Crippen molar-refractivity contribution in [2.45, 2.75) is 6.92 Å². The molecule has 1 aromatic carbocycles. The number of hydrogen-bond donors (Lipinski definition) is 0. The van der Waals surface area contributed by atoms with Gasteiger partial charge in [-0.2, -0.15) is 0 Å². The zero-order valence-electron chi connectivity index (χ0n) is 8.99. The van der Waals surface area contributed by atoms with Crippen LogP contribution in [0.15, 0.2) is 22.7 Å². The van der Waals surface area contributed by atoms with Crippen LogP contribution in [0.1, 0.15) is 6.92 Å². The van der Waals surface area contributed by atoms with Crippen molar-refractivity contribution in [3.05, 3.63) is 28.5 Å². The van der Waals surface area contributed by atoms with Crippen LogP contribution in [0, 0.1) is 11.7 Å². The zero-order valence-corrected chi connectivity index (χ0v) is 12.1. The highest BCUT2D eigenvalue weighted by atomic mass is 79.9. The Morgan fingerprint density at radius 2 is 2.18 bits per heavy atom. The van der Waals surface area contributed by atoms with E-state index in [1.165, 1.54) is 12.1 Å². The summed E-state index contributed by atoms with van der Waals surface area (Å²) >= 11 is 3.19. The van der Waals surface area contributed by atoms with Gasteiger partial charge in [-0.15, -0.1) is 0 Å². The lowest BCUT2D eigenvalue weighted by atomic mass is 10.2. The van der Waals surface area contributed by atoms with Crippen molar-refractivity contribution < 1.29 is 17.5 Å². The number of ether oxygens (including phenoxy) is 1. The molecule has 0 N–H and O–H groups in total. The Hall–Kier alpha value is -0.330. The molecule has 0 saturated heterocycles. The molecule has 0 spiro atoms. The molecular formula is C10H11BrClFO3S. The second-order valence-corrected chi connectivity index (χ2v) is 7.43. The molecule has 17 heavy (non-hydrogen) atoms.